The number of carbonyl (C=O) groups excluding carboxylic acids is 1. The zero-order valence-electron chi connectivity index (χ0n) is 11.0. The van der Waals surface area contributed by atoms with Gasteiger partial charge in [0.15, 0.2) is 6.10 Å². The van der Waals surface area contributed by atoms with Crippen LogP contribution in [0.3, 0.4) is 0 Å². The summed E-state index contributed by atoms with van der Waals surface area (Å²) in [5.74, 6) is 0.190. The second-order valence-corrected chi connectivity index (χ2v) is 4.67. The lowest BCUT2D eigenvalue weighted by Crippen LogP contribution is -2.30. The Balaban J connectivity index is 2.03. The topological polar surface area (TPSA) is 64.3 Å². The quantitative estimate of drug-likeness (QED) is 0.849. The van der Waals surface area contributed by atoms with Crippen molar-refractivity contribution in [1.29, 1.82) is 0 Å². The lowest BCUT2D eigenvalue weighted by molar-refractivity contribution is -0.122. The normalized spacial score (nSPS) is 11.7. The van der Waals surface area contributed by atoms with E-state index in [0.29, 0.717) is 22.1 Å². The highest BCUT2D eigenvalue weighted by Gasteiger charge is 2.16. The number of rotatable bonds is 4. The second kappa shape index (κ2) is 6.30. The van der Waals surface area contributed by atoms with Gasteiger partial charge in [0.1, 0.15) is 5.75 Å². The zero-order chi connectivity index (χ0) is 14.5. The molecule has 1 amide bonds. The van der Waals surface area contributed by atoms with Gasteiger partial charge in [-0.3, -0.25) is 4.79 Å². The highest BCUT2D eigenvalue weighted by Crippen LogP contribution is 2.23. The van der Waals surface area contributed by atoms with Gasteiger partial charge in [-0.05, 0) is 31.2 Å². The Morgan fingerprint density at radius 1 is 1.20 bits per heavy atom. The smallest absolute Gasteiger partial charge is 0.265 e. The first-order chi connectivity index (χ1) is 9.58. The van der Waals surface area contributed by atoms with Crippen LogP contribution in [0.2, 0.25) is 5.02 Å². The maximum atomic E-state index is 12.0. The molecule has 4 nitrogen and oxygen atoms in total. The molecule has 0 aromatic heterocycles. The standard InChI is InChI=1S/C15H15ClN2O2/c1-10(20-14-9-5-3-7-12(14)17)15(19)18-13-8-4-2-6-11(13)16/h2-10H,17H2,1H3,(H,18,19). The SMILES string of the molecule is CC(Oc1ccccc1N)C(=O)Nc1ccccc1Cl. The number of nitrogens with one attached hydrogen (secondary N) is 1. The van der Waals surface area contributed by atoms with Gasteiger partial charge in [0, 0.05) is 0 Å². The van der Waals surface area contributed by atoms with E-state index >= 15 is 0 Å². The van der Waals surface area contributed by atoms with E-state index in [1.165, 1.54) is 0 Å². The summed E-state index contributed by atoms with van der Waals surface area (Å²) in [6.45, 7) is 1.65. The van der Waals surface area contributed by atoms with E-state index < -0.39 is 6.10 Å². The Bertz CT molecular complexity index is 616. The summed E-state index contributed by atoms with van der Waals surface area (Å²) < 4.78 is 5.54. The van der Waals surface area contributed by atoms with Gasteiger partial charge in [0.2, 0.25) is 0 Å². The Labute approximate surface area is 122 Å². The lowest BCUT2D eigenvalue weighted by atomic mass is 10.2. The fraction of sp³-hybridized carbons (Fsp3) is 0.133. The Kier molecular flexibility index (Phi) is 4.48. The molecule has 3 N–H and O–H groups in total. The van der Waals surface area contributed by atoms with Gasteiger partial charge in [-0.1, -0.05) is 35.9 Å². The van der Waals surface area contributed by atoms with Crippen molar-refractivity contribution in [2.75, 3.05) is 11.1 Å². The molecule has 0 aliphatic heterocycles. The third-order valence-corrected chi connectivity index (χ3v) is 3.05. The largest absolute Gasteiger partial charge is 0.479 e. The van der Waals surface area contributed by atoms with Crippen molar-refractivity contribution in [1.82, 2.24) is 0 Å². The average molecular weight is 291 g/mol. The number of ether oxygens (including phenoxy) is 1. The molecule has 0 heterocycles. The van der Waals surface area contributed by atoms with E-state index in [4.69, 9.17) is 22.1 Å². The Hall–Kier alpha value is -2.20. The summed E-state index contributed by atoms with van der Waals surface area (Å²) in [5, 5.41) is 3.19. The van der Waals surface area contributed by atoms with E-state index in [-0.39, 0.29) is 5.91 Å². The molecule has 0 saturated carbocycles. The van der Waals surface area contributed by atoms with Crippen molar-refractivity contribution in [2.45, 2.75) is 13.0 Å². The average Bonchev–Trinajstić information content (AvgIpc) is 2.43. The van der Waals surface area contributed by atoms with Gasteiger partial charge < -0.3 is 15.8 Å². The first kappa shape index (κ1) is 14.2. The number of nitrogens with two attached hydrogens (primary N) is 1. The number of hydrogen-bond acceptors (Lipinski definition) is 3. The van der Waals surface area contributed by atoms with Crippen LogP contribution in [0.4, 0.5) is 11.4 Å². The summed E-state index contributed by atoms with van der Waals surface area (Å²) in [6.07, 6.45) is -0.684. The highest BCUT2D eigenvalue weighted by molar-refractivity contribution is 6.33. The van der Waals surface area contributed by atoms with Crippen LogP contribution >= 0.6 is 11.6 Å². The molecule has 0 radical (unpaired) electrons. The number of benzene rings is 2. The van der Waals surface area contributed by atoms with Crippen molar-refractivity contribution < 1.29 is 9.53 Å². The third kappa shape index (κ3) is 3.42. The van der Waals surface area contributed by atoms with Crippen molar-refractivity contribution >= 4 is 28.9 Å². The molecular formula is C15H15ClN2O2. The zero-order valence-corrected chi connectivity index (χ0v) is 11.7. The van der Waals surface area contributed by atoms with Crippen molar-refractivity contribution in [3.63, 3.8) is 0 Å². The van der Waals surface area contributed by atoms with Gasteiger partial charge in [0.05, 0.1) is 16.4 Å². The van der Waals surface area contributed by atoms with Crippen LogP contribution < -0.4 is 15.8 Å². The van der Waals surface area contributed by atoms with Gasteiger partial charge in [-0.2, -0.15) is 0 Å². The molecular weight excluding hydrogens is 276 g/mol. The van der Waals surface area contributed by atoms with Gasteiger partial charge >= 0.3 is 0 Å². The van der Waals surface area contributed by atoms with Gasteiger partial charge in [-0.25, -0.2) is 0 Å². The highest BCUT2D eigenvalue weighted by atomic mass is 35.5. The number of nitrogen functional groups attached to an aromatic ring is 1. The maximum Gasteiger partial charge on any atom is 0.265 e. The molecule has 0 bridgehead atoms. The summed E-state index contributed by atoms with van der Waals surface area (Å²) in [6, 6.07) is 14.1. The fourth-order valence-electron chi connectivity index (χ4n) is 1.63. The molecule has 1 unspecified atom stereocenters. The van der Waals surface area contributed by atoms with Crippen molar-refractivity contribution in [3.8, 4) is 5.75 Å². The molecule has 2 aromatic carbocycles. The van der Waals surface area contributed by atoms with Crippen LogP contribution in [0, 0.1) is 0 Å². The minimum atomic E-state index is -0.684. The van der Waals surface area contributed by atoms with Gasteiger partial charge in [-0.15, -0.1) is 0 Å². The fourth-order valence-corrected chi connectivity index (χ4v) is 1.81. The number of halogens is 1. The van der Waals surface area contributed by atoms with Gasteiger partial charge in [0.25, 0.3) is 5.91 Å². The van der Waals surface area contributed by atoms with Crippen LogP contribution in [-0.2, 0) is 4.79 Å². The molecule has 104 valence electrons. The van der Waals surface area contributed by atoms with E-state index in [2.05, 4.69) is 5.32 Å². The molecule has 0 spiro atoms. The summed E-state index contributed by atoms with van der Waals surface area (Å²) in [4.78, 5) is 12.0. The second-order valence-electron chi connectivity index (χ2n) is 4.27. The van der Waals surface area contributed by atoms with Crippen LogP contribution in [0.1, 0.15) is 6.92 Å². The predicted molar refractivity (Wildman–Crippen MR) is 81.0 cm³/mol. The minimum absolute atomic E-state index is 0.290. The van der Waals surface area contributed by atoms with E-state index in [1.807, 2.05) is 0 Å². The van der Waals surface area contributed by atoms with E-state index in [9.17, 15) is 4.79 Å². The molecule has 0 aliphatic rings. The molecule has 0 saturated heterocycles. The van der Waals surface area contributed by atoms with Crippen molar-refractivity contribution in [3.05, 3.63) is 53.6 Å². The third-order valence-electron chi connectivity index (χ3n) is 2.72. The molecule has 0 fully saturated rings. The van der Waals surface area contributed by atoms with E-state index in [1.54, 1.807) is 55.5 Å². The molecule has 2 rings (SSSR count). The number of hydrogen-bond donors (Lipinski definition) is 2. The maximum absolute atomic E-state index is 12.0. The van der Waals surface area contributed by atoms with Crippen LogP contribution in [-0.4, -0.2) is 12.0 Å². The summed E-state index contributed by atoms with van der Waals surface area (Å²) in [7, 11) is 0. The molecule has 5 heteroatoms. The van der Waals surface area contributed by atoms with Crippen molar-refractivity contribution in [2.24, 2.45) is 0 Å². The number of anilines is 2. The molecule has 20 heavy (non-hydrogen) atoms. The summed E-state index contributed by atoms with van der Waals surface area (Å²) in [5.41, 5.74) is 6.81. The number of carbonyl (C=O) groups is 1. The van der Waals surface area contributed by atoms with Crippen LogP contribution in [0.25, 0.3) is 0 Å². The lowest BCUT2D eigenvalue weighted by Gasteiger charge is -2.16. The van der Waals surface area contributed by atoms with E-state index in [0.717, 1.165) is 0 Å². The summed E-state index contributed by atoms with van der Waals surface area (Å²) >= 11 is 5.98. The Morgan fingerprint density at radius 2 is 1.85 bits per heavy atom. The minimum Gasteiger partial charge on any atom is -0.479 e. The molecule has 0 aliphatic carbocycles. The predicted octanol–water partition coefficient (Wildman–Crippen LogP) is 3.33. The molecule has 1 atom stereocenters. The monoisotopic (exact) mass is 290 g/mol. The number of para-hydroxylation sites is 3. The number of amides is 1. The Morgan fingerprint density at radius 3 is 2.55 bits per heavy atom. The van der Waals surface area contributed by atoms with Crippen LogP contribution in [0.5, 0.6) is 5.75 Å². The first-order valence-corrected chi connectivity index (χ1v) is 6.52. The van der Waals surface area contributed by atoms with Crippen LogP contribution in [0.15, 0.2) is 48.5 Å². The first-order valence-electron chi connectivity index (χ1n) is 6.14. The molecule has 2 aromatic rings.